The molecular weight excluding hydrogens is 326 g/mol. The van der Waals surface area contributed by atoms with Crippen molar-refractivity contribution in [2.45, 2.75) is 6.54 Å². The Hall–Kier alpha value is -1.26. The SMILES string of the molecule is CN(C)c1ccc(CNc2cc(Br)cnc2Cl)cc1. The average molecular weight is 341 g/mol. The van der Waals surface area contributed by atoms with E-state index in [1.807, 2.05) is 20.2 Å². The molecule has 2 aromatic rings. The van der Waals surface area contributed by atoms with Crippen LogP contribution in [0.2, 0.25) is 5.15 Å². The first-order chi connectivity index (χ1) is 9.06. The van der Waals surface area contributed by atoms with E-state index in [1.54, 1.807) is 6.20 Å². The Bertz CT molecular complexity index is 555. The maximum absolute atomic E-state index is 6.03. The van der Waals surface area contributed by atoms with Crippen molar-refractivity contribution in [3.8, 4) is 0 Å². The molecule has 3 nitrogen and oxygen atoms in total. The van der Waals surface area contributed by atoms with Gasteiger partial charge in [-0.25, -0.2) is 4.98 Å². The molecule has 1 aromatic heterocycles. The van der Waals surface area contributed by atoms with E-state index in [2.05, 4.69) is 55.4 Å². The van der Waals surface area contributed by atoms with Gasteiger partial charge in [-0.15, -0.1) is 0 Å². The van der Waals surface area contributed by atoms with Gasteiger partial charge in [0.15, 0.2) is 5.15 Å². The highest BCUT2D eigenvalue weighted by Crippen LogP contribution is 2.23. The van der Waals surface area contributed by atoms with E-state index in [1.165, 1.54) is 11.3 Å². The van der Waals surface area contributed by atoms with Gasteiger partial charge in [0, 0.05) is 37.0 Å². The lowest BCUT2D eigenvalue weighted by Crippen LogP contribution is -2.08. The van der Waals surface area contributed by atoms with Gasteiger partial charge in [0.25, 0.3) is 0 Å². The minimum atomic E-state index is 0.480. The topological polar surface area (TPSA) is 28.2 Å². The first kappa shape index (κ1) is 14.2. The van der Waals surface area contributed by atoms with Gasteiger partial charge in [-0.05, 0) is 39.7 Å². The number of nitrogens with one attached hydrogen (secondary N) is 1. The molecule has 19 heavy (non-hydrogen) atoms. The number of benzene rings is 1. The molecule has 0 radical (unpaired) electrons. The van der Waals surface area contributed by atoms with Crippen LogP contribution in [0.25, 0.3) is 0 Å². The van der Waals surface area contributed by atoms with Gasteiger partial charge in [0.1, 0.15) is 0 Å². The molecule has 1 aromatic carbocycles. The molecule has 0 amide bonds. The zero-order valence-electron chi connectivity index (χ0n) is 10.8. The van der Waals surface area contributed by atoms with Crippen molar-refractivity contribution in [3.05, 3.63) is 51.7 Å². The predicted molar refractivity (Wildman–Crippen MR) is 85.0 cm³/mol. The molecular formula is C14H15BrClN3. The van der Waals surface area contributed by atoms with Gasteiger partial charge >= 0.3 is 0 Å². The molecule has 2 rings (SSSR count). The van der Waals surface area contributed by atoms with Gasteiger partial charge in [0.05, 0.1) is 5.69 Å². The summed E-state index contributed by atoms with van der Waals surface area (Å²) in [5.41, 5.74) is 3.21. The van der Waals surface area contributed by atoms with Crippen LogP contribution < -0.4 is 10.2 Å². The highest BCUT2D eigenvalue weighted by atomic mass is 79.9. The lowest BCUT2D eigenvalue weighted by molar-refractivity contribution is 1.11. The van der Waals surface area contributed by atoms with Gasteiger partial charge < -0.3 is 10.2 Å². The summed E-state index contributed by atoms with van der Waals surface area (Å²) in [6, 6.07) is 10.3. The minimum Gasteiger partial charge on any atom is -0.378 e. The Morgan fingerprint density at radius 1 is 1.26 bits per heavy atom. The van der Waals surface area contributed by atoms with E-state index >= 15 is 0 Å². The van der Waals surface area contributed by atoms with Crippen LogP contribution in [0.15, 0.2) is 41.0 Å². The number of aromatic nitrogens is 1. The normalized spacial score (nSPS) is 10.3. The van der Waals surface area contributed by atoms with Crippen molar-refractivity contribution in [1.82, 2.24) is 4.98 Å². The number of rotatable bonds is 4. The third-order valence-corrected chi connectivity index (χ3v) is 3.48. The van der Waals surface area contributed by atoms with Crippen LogP contribution >= 0.6 is 27.5 Å². The fraction of sp³-hybridized carbons (Fsp3) is 0.214. The van der Waals surface area contributed by atoms with Crippen LogP contribution in [0.4, 0.5) is 11.4 Å². The van der Waals surface area contributed by atoms with Gasteiger partial charge in [-0.3, -0.25) is 0 Å². The second-order valence-corrected chi connectivity index (χ2v) is 5.68. The standard InChI is InChI=1S/C14H15BrClN3/c1-19(2)12-5-3-10(4-6-12)8-17-13-7-11(15)9-18-14(13)16/h3-7,9,17H,8H2,1-2H3. The molecule has 0 atom stereocenters. The van der Waals surface area contributed by atoms with Crippen LogP contribution in [0.5, 0.6) is 0 Å². The Labute approximate surface area is 126 Å². The van der Waals surface area contributed by atoms with Crippen molar-refractivity contribution in [3.63, 3.8) is 0 Å². The Morgan fingerprint density at radius 3 is 2.58 bits per heavy atom. The van der Waals surface area contributed by atoms with Gasteiger partial charge in [-0.1, -0.05) is 23.7 Å². The van der Waals surface area contributed by atoms with Crippen molar-refractivity contribution >= 4 is 38.9 Å². The second kappa shape index (κ2) is 6.26. The largest absolute Gasteiger partial charge is 0.378 e. The number of anilines is 2. The Morgan fingerprint density at radius 2 is 1.95 bits per heavy atom. The van der Waals surface area contributed by atoms with E-state index in [0.29, 0.717) is 11.7 Å². The van der Waals surface area contributed by atoms with E-state index in [9.17, 15) is 0 Å². The molecule has 0 fully saturated rings. The number of nitrogens with zero attached hydrogens (tertiary/aromatic N) is 2. The quantitative estimate of drug-likeness (QED) is 0.847. The van der Waals surface area contributed by atoms with E-state index < -0.39 is 0 Å². The van der Waals surface area contributed by atoms with Crippen molar-refractivity contribution in [1.29, 1.82) is 0 Å². The predicted octanol–water partition coefficient (Wildman–Crippen LogP) is 4.18. The first-order valence-electron chi connectivity index (χ1n) is 5.87. The third kappa shape index (κ3) is 3.85. The van der Waals surface area contributed by atoms with Crippen LogP contribution in [0, 0.1) is 0 Å². The smallest absolute Gasteiger partial charge is 0.152 e. The summed E-state index contributed by atoms with van der Waals surface area (Å²) in [4.78, 5) is 6.15. The van der Waals surface area contributed by atoms with E-state index in [-0.39, 0.29) is 0 Å². The van der Waals surface area contributed by atoms with E-state index in [0.717, 1.165) is 10.2 Å². The number of halogens is 2. The summed E-state index contributed by atoms with van der Waals surface area (Å²) < 4.78 is 0.905. The second-order valence-electron chi connectivity index (χ2n) is 4.41. The summed E-state index contributed by atoms with van der Waals surface area (Å²) in [6.45, 7) is 0.714. The average Bonchev–Trinajstić information content (AvgIpc) is 2.40. The molecule has 0 unspecified atom stereocenters. The lowest BCUT2D eigenvalue weighted by atomic mass is 10.2. The van der Waals surface area contributed by atoms with Crippen molar-refractivity contribution < 1.29 is 0 Å². The molecule has 0 saturated heterocycles. The number of hydrogen-bond donors (Lipinski definition) is 1. The van der Waals surface area contributed by atoms with Crippen molar-refractivity contribution in [2.75, 3.05) is 24.3 Å². The number of hydrogen-bond acceptors (Lipinski definition) is 3. The van der Waals surface area contributed by atoms with Crippen LogP contribution in [-0.2, 0) is 6.54 Å². The molecule has 0 spiro atoms. The highest BCUT2D eigenvalue weighted by molar-refractivity contribution is 9.10. The molecule has 0 bridgehead atoms. The summed E-state index contributed by atoms with van der Waals surface area (Å²) in [5.74, 6) is 0. The minimum absolute atomic E-state index is 0.480. The maximum Gasteiger partial charge on any atom is 0.152 e. The first-order valence-corrected chi connectivity index (χ1v) is 7.04. The van der Waals surface area contributed by atoms with Gasteiger partial charge in [-0.2, -0.15) is 0 Å². The molecule has 0 aliphatic rings. The molecule has 5 heteroatoms. The fourth-order valence-electron chi connectivity index (χ4n) is 1.66. The molecule has 0 aliphatic carbocycles. The van der Waals surface area contributed by atoms with Gasteiger partial charge in [0.2, 0.25) is 0 Å². The highest BCUT2D eigenvalue weighted by Gasteiger charge is 2.02. The Balaban J connectivity index is 2.04. The Kier molecular flexibility index (Phi) is 4.66. The summed E-state index contributed by atoms with van der Waals surface area (Å²) in [5, 5.41) is 3.76. The van der Waals surface area contributed by atoms with Crippen LogP contribution in [0.1, 0.15) is 5.56 Å². The third-order valence-electron chi connectivity index (χ3n) is 2.74. The monoisotopic (exact) mass is 339 g/mol. The summed E-state index contributed by atoms with van der Waals surface area (Å²) in [7, 11) is 4.06. The molecule has 1 N–H and O–H groups in total. The number of pyridine rings is 1. The summed E-state index contributed by atoms with van der Waals surface area (Å²) >= 11 is 9.41. The van der Waals surface area contributed by atoms with Crippen molar-refractivity contribution in [2.24, 2.45) is 0 Å². The molecule has 1 heterocycles. The fourth-order valence-corrected chi connectivity index (χ4v) is 2.16. The zero-order valence-corrected chi connectivity index (χ0v) is 13.2. The molecule has 0 aliphatic heterocycles. The van der Waals surface area contributed by atoms with Crippen LogP contribution in [-0.4, -0.2) is 19.1 Å². The maximum atomic E-state index is 6.03. The van der Waals surface area contributed by atoms with E-state index in [4.69, 9.17) is 11.6 Å². The molecule has 100 valence electrons. The lowest BCUT2D eigenvalue weighted by Gasteiger charge is -2.13. The zero-order chi connectivity index (χ0) is 13.8. The molecule has 0 saturated carbocycles. The van der Waals surface area contributed by atoms with Crippen LogP contribution in [0.3, 0.4) is 0 Å². The summed E-state index contributed by atoms with van der Waals surface area (Å²) in [6.07, 6.45) is 1.68.